The van der Waals surface area contributed by atoms with Gasteiger partial charge >= 0.3 is 0 Å². The number of halogens is 1. The van der Waals surface area contributed by atoms with Gasteiger partial charge in [-0.25, -0.2) is 0 Å². The van der Waals surface area contributed by atoms with Gasteiger partial charge < -0.3 is 21.3 Å². The number of nitrogens with one attached hydrogen (secondary N) is 2. The number of carbonyl (C=O) groups is 3. The van der Waals surface area contributed by atoms with Crippen molar-refractivity contribution in [1.82, 2.24) is 4.90 Å². The second-order valence-electron chi connectivity index (χ2n) is 6.65. The average molecular weight is 369 g/mol. The van der Waals surface area contributed by atoms with Crippen LogP contribution in [0.25, 0.3) is 0 Å². The van der Waals surface area contributed by atoms with Gasteiger partial charge in [0.05, 0.1) is 0 Å². The van der Waals surface area contributed by atoms with Gasteiger partial charge in [0.1, 0.15) is 0 Å². The van der Waals surface area contributed by atoms with E-state index in [1.54, 1.807) is 23.1 Å². The van der Waals surface area contributed by atoms with Gasteiger partial charge in [-0.05, 0) is 36.6 Å². The summed E-state index contributed by atoms with van der Waals surface area (Å²) in [6.07, 6.45) is 0.860. The van der Waals surface area contributed by atoms with Crippen LogP contribution in [0.3, 0.4) is 0 Å². The van der Waals surface area contributed by atoms with Gasteiger partial charge in [-0.3, -0.25) is 14.4 Å². The van der Waals surface area contributed by atoms with Gasteiger partial charge in [0.15, 0.2) is 0 Å². The van der Waals surface area contributed by atoms with Crippen molar-refractivity contribution in [2.45, 2.75) is 27.2 Å². The number of nitrogens with zero attached hydrogens (tertiary/aromatic N) is 1. The van der Waals surface area contributed by atoms with Crippen LogP contribution >= 0.6 is 12.4 Å². The number of hydrogen-bond donors (Lipinski definition) is 3. The molecule has 0 spiro atoms. The van der Waals surface area contributed by atoms with Crippen LogP contribution in [0.15, 0.2) is 18.2 Å². The fraction of sp³-hybridized carbons (Fsp3) is 0.471. The van der Waals surface area contributed by atoms with Crippen molar-refractivity contribution >= 4 is 41.5 Å². The minimum atomic E-state index is -0.245. The van der Waals surface area contributed by atoms with Crippen molar-refractivity contribution in [2.24, 2.45) is 11.1 Å². The number of carbonyl (C=O) groups excluding carboxylic acids is 3. The van der Waals surface area contributed by atoms with Crippen LogP contribution in [0.2, 0.25) is 0 Å². The Morgan fingerprint density at radius 2 is 1.64 bits per heavy atom. The average Bonchev–Trinajstić information content (AvgIpc) is 2.88. The monoisotopic (exact) mass is 368 g/mol. The molecule has 1 aliphatic heterocycles. The highest BCUT2D eigenvalue weighted by Gasteiger charge is 2.35. The third-order valence-electron chi connectivity index (χ3n) is 4.16. The lowest BCUT2D eigenvalue weighted by molar-refractivity contribution is -0.115. The van der Waals surface area contributed by atoms with Gasteiger partial charge in [-0.1, -0.05) is 6.92 Å². The van der Waals surface area contributed by atoms with E-state index in [0.29, 0.717) is 36.6 Å². The summed E-state index contributed by atoms with van der Waals surface area (Å²) < 4.78 is 0. The molecular formula is C17H25ClN4O3. The number of rotatable bonds is 4. The SMILES string of the molecule is CC(=O)Nc1cc(NC(C)=O)cc(C(=O)N2CCC(C)(CN)C2)c1.Cl. The summed E-state index contributed by atoms with van der Waals surface area (Å²) in [4.78, 5) is 37.1. The van der Waals surface area contributed by atoms with Gasteiger partial charge in [0, 0.05) is 43.9 Å². The number of likely N-dealkylation sites (tertiary alicyclic amines) is 1. The van der Waals surface area contributed by atoms with Crippen LogP contribution in [0.4, 0.5) is 11.4 Å². The fourth-order valence-corrected chi connectivity index (χ4v) is 2.85. The standard InChI is InChI=1S/C17H24N4O3.ClH/c1-11(22)19-14-6-13(7-15(8-14)20-12(2)23)16(24)21-5-4-17(3,9-18)10-21;/h6-8H,4-5,9-10,18H2,1-3H3,(H,19,22)(H,20,23);1H. The maximum Gasteiger partial charge on any atom is 0.254 e. The molecule has 1 saturated heterocycles. The number of anilines is 2. The molecule has 25 heavy (non-hydrogen) atoms. The predicted octanol–water partition coefficient (Wildman–Crippen LogP) is 1.84. The Balaban J connectivity index is 0.00000312. The molecule has 8 heteroatoms. The van der Waals surface area contributed by atoms with E-state index < -0.39 is 0 Å². The van der Waals surface area contributed by atoms with Gasteiger partial charge in [0.2, 0.25) is 11.8 Å². The Morgan fingerprint density at radius 3 is 2.04 bits per heavy atom. The van der Waals surface area contributed by atoms with E-state index in [9.17, 15) is 14.4 Å². The molecule has 0 bridgehead atoms. The molecule has 138 valence electrons. The number of hydrogen-bond acceptors (Lipinski definition) is 4. The minimum Gasteiger partial charge on any atom is -0.338 e. The smallest absolute Gasteiger partial charge is 0.254 e. The van der Waals surface area contributed by atoms with Crippen molar-refractivity contribution in [3.05, 3.63) is 23.8 Å². The molecule has 1 aliphatic rings. The Morgan fingerprint density at radius 1 is 1.12 bits per heavy atom. The Labute approximate surface area is 153 Å². The maximum atomic E-state index is 12.8. The van der Waals surface area contributed by atoms with Gasteiger partial charge in [-0.15, -0.1) is 12.4 Å². The van der Waals surface area contributed by atoms with Gasteiger partial charge in [-0.2, -0.15) is 0 Å². The van der Waals surface area contributed by atoms with Crippen LogP contribution < -0.4 is 16.4 Å². The Kier molecular flexibility index (Phi) is 6.96. The first-order chi connectivity index (χ1) is 11.2. The molecule has 1 atom stereocenters. The zero-order valence-corrected chi connectivity index (χ0v) is 15.5. The largest absolute Gasteiger partial charge is 0.338 e. The van der Waals surface area contributed by atoms with Crippen molar-refractivity contribution in [3.8, 4) is 0 Å². The number of amides is 3. The summed E-state index contributed by atoms with van der Waals surface area (Å²) in [6, 6.07) is 4.86. The Hall–Kier alpha value is -2.12. The molecule has 0 aromatic heterocycles. The van der Waals surface area contributed by atoms with Crippen LogP contribution in [0.5, 0.6) is 0 Å². The molecule has 3 amide bonds. The first kappa shape index (κ1) is 20.9. The molecule has 0 saturated carbocycles. The molecule has 0 radical (unpaired) electrons. The highest BCUT2D eigenvalue weighted by atomic mass is 35.5. The minimum absolute atomic E-state index is 0. The molecule has 4 N–H and O–H groups in total. The molecule has 1 aromatic rings. The number of benzene rings is 1. The molecule has 1 aromatic carbocycles. The Bertz CT molecular complexity index is 646. The topological polar surface area (TPSA) is 105 Å². The molecule has 1 unspecified atom stereocenters. The lowest BCUT2D eigenvalue weighted by atomic mass is 9.90. The molecule has 2 rings (SSSR count). The lowest BCUT2D eigenvalue weighted by Gasteiger charge is -2.23. The van der Waals surface area contributed by atoms with Crippen LogP contribution in [-0.4, -0.2) is 42.3 Å². The van der Waals surface area contributed by atoms with E-state index in [4.69, 9.17) is 5.73 Å². The zero-order chi connectivity index (χ0) is 17.9. The fourth-order valence-electron chi connectivity index (χ4n) is 2.85. The van der Waals surface area contributed by atoms with Crippen LogP contribution in [0.1, 0.15) is 37.6 Å². The molecule has 0 aliphatic carbocycles. The van der Waals surface area contributed by atoms with Crippen molar-refractivity contribution in [3.63, 3.8) is 0 Å². The molecular weight excluding hydrogens is 344 g/mol. The van der Waals surface area contributed by atoms with E-state index in [2.05, 4.69) is 17.6 Å². The van der Waals surface area contributed by atoms with Gasteiger partial charge in [0.25, 0.3) is 5.91 Å². The molecule has 7 nitrogen and oxygen atoms in total. The first-order valence-corrected chi connectivity index (χ1v) is 7.92. The second kappa shape index (κ2) is 8.31. The van der Waals surface area contributed by atoms with E-state index in [1.165, 1.54) is 13.8 Å². The van der Waals surface area contributed by atoms with Crippen LogP contribution in [-0.2, 0) is 9.59 Å². The summed E-state index contributed by atoms with van der Waals surface area (Å²) in [7, 11) is 0. The quantitative estimate of drug-likeness (QED) is 0.754. The lowest BCUT2D eigenvalue weighted by Crippen LogP contribution is -2.34. The summed E-state index contributed by atoms with van der Waals surface area (Å²) in [5, 5.41) is 5.30. The molecule has 1 heterocycles. The van der Waals surface area contributed by atoms with E-state index in [-0.39, 0.29) is 35.5 Å². The number of nitrogens with two attached hydrogens (primary N) is 1. The third kappa shape index (κ3) is 5.44. The van der Waals surface area contributed by atoms with Crippen molar-refractivity contribution in [1.29, 1.82) is 0 Å². The highest BCUT2D eigenvalue weighted by Crippen LogP contribution is 2.30. The summed E-state index contributed by atoms with van der Waals surface area (Å²) in [5.41, 5.74) is 7.09. The van der Waals surface area contributed by atoms with Crippen LogP contribution in [0, 0.1) is 5.41 Å². The zero-order valence-electron chi connectivity index (χ0n) is 14.7. The van der Waals surface area contributed by atoms with Crippen molar-refractivity contribution < 1.29 is 14.4 Å². The summed E-state index contributed by atoms with van der Waals surface area (Å²) in [5.74, 6) is -0.624. The summed E-state index contributed by atoms with van der Waals surface area (Å²) >= 11 is 0. The first-order valence-electron chi connectivity index (χ1n) is 7.92. The highest BCUT2D eigenvalue weighted by molar-refractivity contribution is 6.00. The van der Waals surface area contributed by atoms with E-state index in [1.807, 2.05) is 0 Å². The van der Waals surface area contributed by atoms with Crippen molar-refractivity contribution in [2.75, 3.05) is 30.3 Å². The predicted molar refractivity (Wildman–Crippen MR) is 100.0 cm³/mol. The normalized spacial score (nSPS) is 19.1. The third-order valence-corrected chi connectivity index (χ3v) is 4.16. The second-order valence-corrected chi connectivity index (χ2v) is 6.65. The van der Waals surface area contributed by atoms with E-state index >= 15 is 0 Å². The maximum absolute atomic E-state index is 12.8. The van der Waals surface area contributed by atoms with E-state index in [0.717, 1.165) is 6.42 Å². The molecule has 1 fully saturated rings. The summed E-state index contributed by atoms with van der Waals surface area (Å²) in [6.45, 7) is 6.62.